The average molecular weight is 203 g/mol. The van der Waals surface area contributed by atoms with Crippen LogP contribution in [0.3, 0.4) is 0 Å². The Labute approximate surface area is 88.9 Å². The number of para-hydroxylation sites is 1. The van der Waals surface area contributed by atoms with E-state index in [0.717, 1.165) is 12.8 Å². The van der Waals surface area contributed by atoms with E-state index in [4.69, 9.17) is 0 Å². The lowest BCUT2D eigenvalue weighted by molar-refractivity contribution is -0.385. The molecule has 0 spiro atoms. The highest BCUT2D eigenvalue weighted by atomic mass is 16.6. The third kappa shape index (κ3) is 3.38. The molecule has 0 atom stereocenters. The first-order chi connectivity index (χ1) is 7.25. The zero-order valence-corrected chi connectivity index (χ0v) is 8.43. The topological polar surface area (TPSA) is 43.1 Å². The van der Waals surface area contributed by atoms with Gasteiger partial charge in [-0.1, -0.05) is 30.4 Å². The SMILES string of the molecule is C=CCCC=Cc1ccccc1[N+](=O)[O-]. The molecule has 0 amide bonds. The van der Waals surface area contributed by atoms with Gasteiger partial charge in [0, 0.05) is 6.07 Å². The Morgan fingerprint density at radius 2 is 2.07 bits per heavy atom. The molecule has 0 radical (unpaired) electrons. The molecule has 0 aromatic heterocycles. The quantitative estimate of drug-likeness (QED) is 0.318. The van der Waals surface area contributed by atoms with Crippen LogP contribution >= 0.6 is 0 Å². The first kappa shape index (κ1) is 11.2. The van der Waals surface area contributed by atoms with Crippen LogP contribution in [0.15, 0.2) is 43.0 Å². The molecule has 0 bridgehead atoms. The summed E-state index contributed by atoms with van der Waals surface area (Å²) < 4.78 is 0. The smallest absolute Gasteiger partial charge is 0.258 e. The molecular weight excluding hydrogens is 190 g/mol. The highest BCUT2D eigenvalue weighted by Crippen LogP contribution is 2.19. The van der Waals surface area contributed by atoms with Crippen LogP contribution in [0.2, 0.25) is 0 Å². The van der Waals surface area contributed by atoms with E-state index in [9.17, 15) is 10.1 Å². The van der Waals surface area contributed by atoms with Gasteiger partial charge >= 0.3 is 0 Å². The van der Waals surface area contributed by atoms with E-state index in [1.165, 1.54) is 6.07 Å². The van der Waals surface area contributed by atoms with Crippen LogP contribution in [0.1, 0.15) is 18.4 Å². The summed E-state index contributed by atoms with van der Waals surface area (Å²) in [5.41, 5.74) is 0.791. The molecule has 0 fully saturated rings. The Morgan fingerprint density at radius 3 is 2.73 bits per heavy atom. The van der Waals surface area contributed by atoms with Gasteiger partial charge in [-0.05, 0) is 18.9 Å². The maximum atomic E-state index is 10.7. The number of unbranched alkanes of at least 4 members (excludes halogenated alkanes) is 1. The standard InChI is InChI=1S/C12H13NO2/c1-2-3-4-5-8-11-9-6-7-10-12(11)13(14)15/h2,5-10H,1,3-4H2. The maximum Gasteiger partial charge on any atom is 0.276 e. The van der Waals surface area contributed by atoms with Gasteiger partial charge in [-0.2, -0.15) is 0 Å². The van der Waals surface area contributed by atoms with Crippen molar-refractivity contribution in [3.63, 3.8) is 0 Å². The summed E-state index contributed by atoms with van der Waals surface area (Å²) in [5.74, 6) is 0. The fourth-order valence-corrected chi connectivity index (χ4v) is 1.22. The van der Waals surface area contributed by atoms with E-state index < -0.39 is 0 Å². The summed E-state index contributed by atoms with van der Waals surface area (Å²) >= 11 is 0. The van der Waals surface area contributed by atoms with Crippen LogP contribution in [0.4, 0.5) is 5.69 Å². The van der Waals surface area contributed by atoms with Crippen molar-refractivity contribution in [1.29, 1.82) is 0 Å². The Kier molecular flexibility index (Phi) is 4.29. The molecule has 1 rings (SSSR count). The second kappa shape index (κ2) is 5.75. The minimum atomic E-state index is -0.368. The van der Waals surface area contributed by atoms with Crippen LogP contribution in [0.25, 0.3) is 6.08 Å². The van der Waals surface area contributed by atoms with Crippen molar-refractivity contribution in [3.05, 3.63) is 58.7 Å². The van der Waals surface area contributed by atoms with Crippen molar-refractivity contribution in [2.24, 2.45) is 0 Å². The lowest BCUT2D eigenvalue weighted by Gasteiger charge is -1.95. The largest absolute Gasteiger partial charge is 0.276 e. The van der Waals surface area contributed by atoms with Crippen molar-refractivity contribution in [2.45, 2.75) is 12.8 Å². The molecule has 0 saturated heterocycles. The Hall–Kier alpha value is -1.90. The fraction of sp³-hybridized carbons (Fsp3) is 0.167. The van der Waals surface area contributed by atoms with E-state index in [-0.39, 0.29) is 10.6 Å². The van der Waals surface area contributed by atoms with Crippen LogP contribution in [0, 0.1) is 10.1 Å². The lowest BCUT2D eigenvalue weighted by atomic mass is 10.1. The van der Waals surface area contributed by atoms with E-state index in [0.29, 0.717) is 5.56 Å². The molecule has 1 aromatic carbocycles. The zero-order valence-electron chi connectivity index (χ0n) is 8.43. The molecule has 0 N–H and O–H groups in total. The van der Waals surface area contributed by atoms with Gasteiger partial charge in [-0.15, -0.1) is 6.58 Å². The second-order valence-corrected chi connectivity index (χ2v) is 3.08. The van der Waals surface area contributed by atoms with Gasteiger partial charge in [0.1, 0.15) is 0 Å². The first-order valence-corrected chi connectivity index (χ1v) is 4.76. The normalized spacial score (nSPS) is 10.4. The number of allylic oxidation sites excluding steroid dienone is 2. The lowest BCUT2D eigenvalue weighted by Crippen LogP contribution is -1.90. The van der Waals surface area contributed by atoms with Gasteiger partial charge in [0.15, 0.2) is 0 Å². The summed E-state index contributed by atoms with van der Waals surface area (Å²) in [4.78, 5) is 10.3. The number of rotatable bonds is 5. The van der Waals surface area contributed by atoms with Crippen molar-refractivity contribution in [1.82, 2.24) is 0 Å². The molecule has 3 heteroatoms. The number of benzene rings is 1. The van der Waals surface area contributed by atoms with Gasteiger partial charge in [0.25, 0.3) is 5.69 Å². The van der Waals surface area contributed by atoms with E-state index in [1.807, 2.05) is 12.2 Å². The average Bonchev–Trinajstić information content (AvgIpc) is 2.25. The van der Waals surface area contributed by atoms with E-state index in [2.05, 4.69) is 6.58 Å². The fourth-order valence-electron chi connectivity index (χ4n) is 1.22. The summed E-state index contributed by atoms with van der Waals surface area (Å²) in [5, 5.41) is 10.7. The van der Waals surface area contributed by atoms with Crippen LogP contribution in [-0.4, -0.2) is 4.92 Å². The van der Waals surface area contributed by atoms with Gasteiger partial charge in [-0.3, -0.25) is 10.1 Å². The summed E-state index contributed by atoms with van der Waals surface area (Å²) in [7, 11) is 0. The van der Waals surface area contributed by atoms with Crippen molar-refractivity contribution in [3.8, 4) is 0 Å². The van der Waals surface area contributed by atoms with Gasteiger partial charge < -0.3 is 0 Å². The van der Waals surface area contributed by atoms with Crippen molar-refractivity contribution < 1.29 is 4.92 Å². The van der Waals surface area contributed by atoms with Crippen LogP contribution in [-0.2, 0) is 0 Å². The molecule has 0 aliphatic carbocycles. The van der Waals surface area contributed by atoms with E-state index in [1.54, 1.807) is 24.3 Å². The number of nitro groups is 1. The van der Waals surface area contributed by atoms with Crippen molar-refractivity contribution in [2.75, 3.05) is 0 Å². The van der Waals surface area contributed by atoms with Gasteiger partial charge in [-0.25, -0.2) is 0 Å². The van der Waals surface area contributed by atoms with Crippen LogP contribution < -0.4 is 0 Å². The number of hydrogen-bond donors (Lipinski definition) is 0. The minimum Gasteiger partial charge on any atom is -0.258 e. The molecule has 15 heavy (non-hydrogen) atoms. The monoisotopic (exact) mass is 203 g/mol. The second-order valence-electron chi connectivity index (χ2n) is 3.08. The minimum absolute atomic E-state index is 0.146. The van der Waals surface area contributed by atoms with Gasteiger partial charge in [0.05, 0.1) is 10.5 Å². The molecule has 1 aromatic rings. The molecular formula is C12H13NO2. The third-order valence-corrected chi connectivity index (χ3v) is 1.97. The maximum absolute atomic E-state index is 10.7. The number of nitro benzene ring substituents is 1. The Balaban J connectivity index is 2.79. The Morgan fingerprint density at radius 1 is 1.33 bits per heavy atom. The molecule has 0 unspecified atom stereocenters. The molecule has 0 aliphatic rings. The molecule has 78 valence electrons. The summed E-state index contributed by atoms with van der Waals surface area (Å²) in [6, 6.07) is 6.70. The summed E-state index contributed by atoms with van der Waals surface area (Å²) in [6.45, 7) is 3.61. The molecule has 0 heterocycles. The highest BCUT2D eigenvalue weighted by Gasteiger charge is 2.08. The van der Waals surface area contributed by atoms with E-state index >= 15 is 0 Å². The first-order valence-electron chi connectivity index (χ1n) is 4.76. The third-order valence-electron chi connectivity index (χ3n) is 1.97. The zero-order chi connectivity index (χ0) is 11.1. The molecule has 0 saturated carbocycles. The number of nitrogens with zero attached hydrogens (tertiary/aromatic N) is 1. The highest BCUT2D eigenvalue weighted by molar-refractivity contribution is 5.60. The molecule has 3 nitrogen and oxygen atoms in total. The summed E-state index contributed by atoms with van der Waals surface area (Å²) in [6.07, 6.45) is 7.27. The predicted molar refractivity (Wildman–Crippen MR) is 61.6 cm³/mol. The molecule has 0 aliphatic heterocycles. The number of hydrogen-bond acceptors (Lipinski definition) is 2. The predicted octanol–water partition coefficient (Wildman–Crippen LogP) is 3.57. The van der Waals surface area contributed by atoms with Crippen LogP contribution in [0.5, 0.6) is 0 Å². The van der Waals surface area contributed by atoms with Crippen molar-refractivity contribution >= 4 is 11.8 Å². The van der Waals surface area contributed by atoms with Gasteiger partial charge in [0.2, 0.25) is 0 Å². The Bertz CT molecular complexity index is 383.